The molecular formula is C22H27N3. The molecule has 0 spiro atoms. The van der Waals surface area contributed by atoms with Gasteiger partial charge in [0.2, 0.25) is 0 Å². The first kappa shape index (κ1) is 17.3. The predicted molar refractivity (Wildman–Crippen MR) is 109 cm³/mol. The second-order valence-electron chi connectivity index (χ2n) is 6.62. The molecule has 0 bridgehead atoms. The van der Waals surface area contributed by atoms with Crippen LogP contribution in [0.5, 0.6) is 0 Å². The summed E-state index contributed by atoms with van der Waals surface area (Å²) in [4.78, 5) is 7.10. The molecule has 0 aliphatic heterocycles. The number of likely N-dealkylation sites (N-methyl/N-ethyl adjacent to an activating group) is 1. The van der Waals surface area contributed by atoms with Gasteiger partial charge >= 0.3 is 0 Å². The van der Waals surface area contributed by atoms with Crippen LogP contribution in [0.3, 0.4) is 0 Å². The van der Waals surface area contributed by atoms with Crippen LogP contribution in [-0.2, 0) is 6.42 Å². The van der Waals surface area contributed by atoms with E-state index in [1.54, 1.807) is 0 Å². The van der Waals surface area contributed by atoms with E-state index in [0.717, 1.165) is 25.0 Å². The van der Waals surface area contributed by atoms with Gasteiger partial charge in [0, 0.05) is 42.6 Å². The molecule has 0 saturated heterocycles. The fraction of sp³-hybridized carbons (Fsp3) is 0.318. The van der Waals surface area contributed by atoms with Crippen molar-refractivity contribution in [2.75, 3.05) is 30.4 Å². The van der Waals surface area contributed by atoms with E-state index in [-0.39, 0.29) is 0 Å². The lowest BCUT2D eigenvalue weighted by molar-refractivity contribution is 0.912. The Bertz CT molecular complexity index is 870. The predicted octanol–water partition coefficient (Wildman–Crippen LogP) is 4.96. The molecule has 130 valence electrons. The monoisotopic (exact) mass is 333 g/mol. The molecule has 3 nitrogen and oxygen atoms in total. The molecule has 25 heavy (non-hydrogen) atoms. The summed E-state index contributed by atoms with van der Waals surface area (Å²) in [5.41, 5.74) is 7.28. The number of aromatic nitrogens is 1. The maximum absolute atomic E-state index is 4.80. The molecule has 0 radical (unpaired) electrons. The Balaban J connectivity index is 1.78. The fourth-order valence-corrected chi connectivity index (χ4v) is 3.27. The molecule has 1 N–H and O–H groups in total. The second kappa shape index (κ2) is 7.56. The molecule has 2 aromatic carbocycles. The lowest BCUT2D eigenvalue weighted by Crippen LogP contribution is -2.25. The molecule has 0 saturated carbocycles. The number of nitrogens with zero attached hydrogens (tertiary/aromatic N) is 2. The van der Waals surface area contributed by atoms with Gasteiger partial charge in [-0.05, 0) is 49.6 Å². The smallest absolute Gasteiger partial charge is 0.0726 e. The lowest BCUT2D eigenvalue weighted by atomic mass is 10.1. The van der Waals surface area contributed by atoms with Gasteiger partial charge in [-0.2, -0.15) is 0 Å². The highest BCUT2D eigenvalue weighted by atomic mass is 15.1. The Labute approximate surface area is 150 Å². The van der Waals surface area contributed by atoms with E-state index < -0.39 is 0 Å². The molecule has 0 aliphatic carbocycles. The second-order valence-corrected chi connectivity index (χ2v) is 6.62. The fourth-order valence-electron chi connectivity index (χ4n) is 3.27. The summed E-state index contributed by atoms with van der Waals surface area (Å²) in [5, 5.41) is 4.87. The first-order chi connectivity index (χ1) is 12.1. The van der Waals surface area contributed by atoms with Crippen LogP contribution < -0.4 is 10.2 Å². The number of hydrogen-bond acceptors (Lipinski definition) is 3. The topological polar surface area (TPSA) is 28.2 Å². The SMILES string of the molecule is CCc1nc2ccccc2c(NCCN(C)c2cccc(C)c2)c1C. The molecule has 0 amide bonds. The summed E-state index contributed by atoms with van der Waals surface area (Å²) in [6.07, 6.45) is 0.953. The summed E-state index contributed by atoms with van der Waals surface area (Å²) < 4.78 is 0. The average Bonchev–Trinajstić information content (AvgIpc) is 2.63. The number of benzene rings is 2. The minimum absolute atomic E-state index is 0.891. The van der Waals surface area contributed by atoms with Crippen molar-refractivity contribution in [1.82, 2.24) is 4.98 Å². The maximum Gasteiger partial charge on any atom is 0.0726 e. The Morgan fingerprint density at radius 2 is 1.84 bits per heavy atom. The first-order valence-electron chi connectivity index (χ1n) is 9.00. The highest BCUT2D eigenvalue weighted by molar-refractivity contribution is 5.93. The summed E-state index contributed by atoms with van der Waals surface area (Å²) in [6.45, 7) is 8.31. The van der Waals surface area contributed by atoms with Crippen molar-refractivity contribution in [2.24, 2.45) is 0 Å². The maximum atomic E-state index is 4.80. The zero-order valence-electron chi connectivity index (χ0n) is 15.6. The molecule has 0 aliphatic rings. The third kappa shape index (κ3) is 3.76. The van der Waals surface area contributed by atoms with Crippen molar-refractivity contribution < 1.29 is 0 Å². The van der Waals surface area contributed by atoms with Gasteiger partial charge in [-0.3, -0.25) is 4.98 Å². The van der Waals surface area contributed by atoms with E-state index in [1.165, 1.54) is 33.6 Å². The molecule has 1 heterocycles. The Morgan fingerprint density at radius 1 is 1.04 bits per heavy atom. The van der Waals surface area contributed by atoms with Crippen molar-refractivity contribution in [1.29, 1.82) is 0 Å². The van der Waals surface area contributed by atoms with Crippen LogP contribution in [0.4, 0.5) is 11.4 Å². The van der Waals surface area contributed by atoms with Gasteiger partial charge in [0.25, 0.3) is 0 Å². The number of nitrogens with one attached hydrogen (secondary N) is 1. The molecule has 0 atom stereocenters. The normalized spacial score (nSPS) is 10.9. The van der Waals surface area contributed by atoms with Gasteiger partial charge in [0.1, 0.15) is 0 Å². The van der Waals surface area contributed by atoms with Crippen LogP contribution in [0.15, 0.2) is 48.5 Å². The highest BCUT2D eigenvalue weighted by Gasteiger charge is 2.10. The van der Waals surface area contributed by atoms with Crippen molar-refractivity contribution in [3.8, 4) is 0 Å². The quantitative estimate of drug-likeness (QED) is 0.691. The number of anilines is 2. The van der Waals surface area contributed by atoms with Crippen molar-refractivity contribution in [2.45, 2.75) is 27.2 Å². The number of hydrogen-bond donors (Lipinski definition) is 1. The van der Waals surface area contributed by atoms with Gasteiger partial charge < -0.3 is 10.2 Å². The number of para-hydroxylation sites is 1. The van der Waals surface area contributed by atoms with Crippen molar-refractivity contribution in [3.05, 3.63) is 65.4 Å². The van der Waals surface area contributed by atoms with Crippen LogP contribution in [-0.4, -0.2) is 25.1 Å². The minimum atomic E-state index is 0.891. The molecule has 0 fully saturated rings. The van der Waals surface area contributed by atoms with E-state index >= 15 is 0 Å². The summed E-state index contributed by atoms with van der Waals surface area (Å²) >= 11 is 0. The number of fused-ring (bicyclic) bond motifs is 1. The Hall–Kier alpha value is -2.55. The number of rotatable bonds is 6. The lowest BCUT2D eigenvalue weighted by Gasteiger charge is -2.21. The van der Waals surface area contributed by atoms with E-state index in [2.05, 4.69) is 86.6 Å². The van der Waals surface area contributed by atoms with E-state index in [9.17, 15) is 0 Å². The van der Waals surface area contributed by atoms with Gasteiger partial charge in [0.15, 0.2) is 0 Å². The average molecular weight is 333 g/mol. The van der Waals surface area contributed by atoms with Gasteiger partial charge in [-0.25, -0.2) is 0 Å². The zero-order chi connectivity index (χ0) is 17.8. The molecule has 1 aromatic heterocycles. The van der Waals surface area contributed by atoms with E-state index in [4.69, 9.17) is 4.98 Å². The van der Waals surface area contributed by atoms with Crippen molar-refractivity contribution >= 4 is 22.3 Å². The van der Waals surface area contributed by atoms with E-state index in [1.807, 2.05) is 0 Å². The Morgan fingerprint density at radius 3 is 2.60 bits per heavy atom. The standard InChI is InChI=1S/C22H27N3/c1-5-20-17(3)22(19-11-6-7-12-21(19)24-20)23-13-14-25(4)18-10-8-9-16(2)15-18/h6-12,15H,5,13-14H2,1-4H3,(H,23,24). The van der Waals surface area contributed by atoms with Gasteiger partial charge in [-0.1, -0.05) is 37.3 Å². The minimum Gasteiger partial charge on any atom is -0.382 e. The van der Waals surface area contributed by atoms with Crippen LogP contribution in [0, 0.1) is 13.8 Å². The van der Waals surface area contributed by atoms with Crippen LogP contribution in [0.1, 0.15) is 23.7 Å². The van der Waals surface area contributed by atoms with Crippen LogP contribution in [0.25, 0.3) is 10.9 Å². The third-order valence-electron chi connectivity index (χ3n) is 4.76. The van der Waals surface area contributed by atoms with Gasteiger partial charge in [0.05, 0.1) is 5.52 Å². The van der Waals surface area contributed by atoms with E-state index in [0.29, 0.717) is 0 Å². The molecule has 3 rings (SSSR count). The van der Waals surface area contributed by atoms with Crippen LogP contribution in [0.2, 0.25) is 0 Å². The largest absolute Gasteiger partial charge is 0.382 e. The van der Waals surface area contributed by atoms with Gasteiger partial charge in [-0.15, -0.1) is 0 Å². The first-order valence-corrected chi connectivity index (χ1v) is 9.00. The Kier molecular flexibility index (Phi) is 5.22. The summed E-state index contributed by atoms with van der Waals surface area (Å²) in [7, 11) is 2.14. The molecule has 0 unspecified atom stereocenters. The number of aryl methyl sites for hydroxylation is 2. The molecular weight excluding hydrogens is 306 g/mol. The third-order valence-corrected chi connectivity index (χ3v) is 4.76. The molecule has 3 heteroatoms. The summed E-state index contributed by atoms with van der Waals surface area (Å²) in [6, 6.07) is 17.0. The number of pyridine rings is 1. The summed E-state index contributed by atoms with van der Waals surface area (Å²) in [5.74, 6) is 0. The molecule has 3 aromatic rings. The highest BCUT2D eigenvalue weighted by Crippen LogP contribution is 2.28. The van der Waals surface area contributed by atoms with Crippen molar-refractivity contribution in [3.63, 3.8) is 0 Å². The van der Waals surface area contributed by atoms with Crippen LogP contribution >= 0.6 is 0 Å². The zero-order valence-corrected chi connectivity index (χ0v) is 15.6.